The number of carbonyl (C=O) groups excluding carboxylic acids is 7. The van der Waals surface area contributed by atoms with E-state index in [1.165, 1.54) is 4.90 Å². The smallest absolute Gasteiger partial charge is 0.410 e. The van der Waals surface area contributed by atoms with E-state index in [2.05, 4.69) is 31.9 Å². The van der Waals surface area contributed by atoms with Crippen molar-refractivity contribution in [1.29, 1.82) is 0 Å². The van der Waals surface area contributed by atoms with Gasteiger partial charge in [-0.3, -0.25) is 4.79 Å². The van der Waals surface area contributed by atoms with Crippen LogP contribution in [0.4, 0.5) is 28.8 Å². The highest BCUT2D eigenvalue weighted by Crippen LogP contribution is 2.40. The van der Waals surface area contributed by atoms with Crippen LogP contribution in [0, 0.1) is 0 Å². The molecule has 0 radical (unpaired) electrons. The molecule has 1 aliphatic carbocycles. The molecule has 21 atom stereocenters. The summed E-state index contributed by atoms with van der Waals surface area (Å²) in [7, 11) is 0. The van der Waals surface area contributed by atoms with E-state index in [1.54, 1.807) is 212 Å². The molecule has 4 heterocycles. The molecule has 8 aromatic carbocycles. The van der Waals surface area contributed by atoms with E-state index in [9.17, 15) is 64.2 Å². The third kappa shape index (κ3) is 26.9. The largest absolute Gasteiger partial charge is 0.445 e. The van der Waals surface area contributed by atoms with Crippen LogP contribution in [0.3, 0.4) is 0 Å². The van der Waals surface area contributed by atoms with Crippen LogP contribution in [0.5, 0.6) is 0 Å². The molecule has 4 saturated heterocycles. The molecular formula is C92H105N7O28. The lowest BCUT2D eigenvalue weighted by Gasteiger charge is -2.51. The first kappa shape index (κ1) is 92.9. The standard InChI is InChI=1S/C92H105N7O28/c100-49-69-79(126-84-71(97-90(110)118-53-61-33-17-5-18-34-61)75(104)74(103)68(121-84)48-94-88(108)116-51-59-29-13-3-14-30-59)81(113-46-45-99(44-42-57-25-9-1-10-26-57)92(112)120-55-63-37-21-7-22-38-63)86(122-69)127-80-73(102)65(95-82(106)67(101)41-43-93-87(107)115-50-58-27-11-2-12-28-58)47-66(96-89(109)117-52-60-31-15-4-16-32-60)77(80)124-85-72(98-91(111)119-54-62-35-19-6-20-36-62)76(105)78-70(123-85)56-114-83(125-78)64-39-23-8-24-40-64/h1-40,65-81,83-86,100-105H,41-56H2,(H,93,107)(H,94,108)(H,95,106)(H,96,109)(H,97,110)(H,98,111)/t65-,66+,67+,68+,69-,70-,71-,72-,73+,74-,75-,76-,77-,78-,79-,80-,81-,83?,84-,85-,86+/m1/s1. The van der Waals surface area contributed by atoms with Gasteiger partial charge in [0.2, 0.25) is 5.91 Å². The molecule has 4 aliphatic heterocycles. The molecule has 127 heavy (non-hydrogen) atoms. The molecular weight excluding hydrogens is 1650 g/mol. The molecule has 0 spiro atoms. The van der Waals surface area contributed by atoms with Crippen molar-refractivity contribution in [1.82, 2.24) is 36.8 Å². The van der Waals surface area contributed by atoms with Gasteiger partial charge in [0.05, 0.1) is 31.9 Å². The van der Waals surface area contributed by atoms with Crippen molar-refractivity contribution in [2.75, 3.05) is 46.0 Å². The van der Waals surface area contributed by atoms with Crippen LogP contribution in [-0.4, -0.2) is 246 Å². The Morgan fingerprint density at radius 3 is 1.35 bits per heavy atom. The van der Waals surface area contributed by atoms with Gasteiger partial charge in [0.15, 0.2) is 25.2 Å². The van der Waals surface area contributed by atoms with Gasteiger partial charge in [-0.05, 0) is 58.2 Å². The predicted octanol–water partition coefficient (Wildman–Crippen LogP) is 6.51. The lowest BCUT2D eigenvalue weighted by Crippen LogP contribution is -2.71. The van der Waals surface area contributed by atoms with Crippen LogP contribution < -0.4 is 31.9 Å². The van der Waals surface area contributed by atoms with Crippen LogP contribution in [0.25, 0.3) is 0 Å². The topological polar surface area (TPSA) is 455 Å². The van der Waals surface area contributed by atoms with Gasteiger partial charge in [0.25, 0.3) is 0 Å². The van der Waals surface area contributed by atoms with Crippen molar-refractivity contribution in [3.8, 4) is 0 Å². The average Bonchev–Trinajstić information content (AvgIpc) is 1.07. The Labute approximate surface area is 732 Å². The Hall–Kier alpha value is -11.8. The molecule has 5 fully saturated rings. The van der Waals surface area contributed by atoms with Gasteiger partial charge in [0, 0.05) is 31.7 Å². The lowest BCUT2D eigenvalue weighted by molar-refractivity contribution is -0.358. The molecule has 5 aliphatic rings. The van der Waals surface area contributed by atoms with Crippen LogP contribution in [0.2, 0.25) is 0 Å². The average molecular weight is 1760 g/mol. The molecule has 1 saturated carbocycles. The Bertz CT molecular complexity index is 4710. The van der Waals surface area contributed by atoms with E-state index >= 15 is 0 Å². The fourth-order valence-corrected chi connectivity index (χ4v) is 15.1. The summed E-state index contributed by atoms with van der Waals surface area (Å²) in [6, 6.07) is 63.6. The maximum Gasteiger partial charge on any atom is 0.410 e. The number of aliphatic hydroxyl groups excluding tert-OH is 6. The van der Waals surface area contributed by atoms with Crippen molar-refractivity contribution < 1.29 is 135 Å². The zero-order valence-corrected chi connectivity index (χ0v) is 69.1. The van der Waals surface area contributed by atoms with Crippen molar-refractivity contribution in [3.05, 3.63) is 287 Å². The second-order valence-corrected chi connectivity index (χ2v) is 30.7. The molecule has 35 heteroatoms. The number of hydrogen-bond donors (Lipinski definition) is 12. The number of rotatable bonds is 37. The van der Waals surface area contributed by atoms with E-state index in [1.807, 2.05) is 30.3 Å². The van der Waals surface area contributed by atoms with Gasteiger partial charge >= 0.3 is 36.6 Å². The van der Waals surface area contributed by atoms with Gasteiger partial charge < -0.3 is 138 Å². The summed E-state index contributed by atoms with van der Waals surface area (Å²) in [6.45, 7) is -4.13. The minimum Gasteiger partial charge on any atom is -0.445 e. The number of benzene rings is 8. The fraction of sp³-hybridized carbons (Fsp3) is 0.402. The number of alkyl carbamates (subject to hydrolysis) is 5. The normalized spacial score (nSPS) is 26.3. The minimum atomic E-state index is -2.12. The number of ether oxygens (including phenoxy) is 15. The van der Waals surface area contributed by atoms with Crippen LogP contribution >= 0.6 is 0 Å². The van der Waals surface area contributed by atoms with E-state index in [-0.39, 0.29) is 65.9 Å². The Morgan fingerprint density at radius 1 is 0.409 bits per heavy atom. The number of hydrogen-bond acceptors (Lipinski definition) is 28. The first-order valence-electron chi connectivity index (χ1n) is 41.8. The number of carbonyl (C=O) groups is 7. The van der Waals surface area contributed by atoms with Crippen molar-refractivity contribution >= 4 is 42.5 Å². The molecule has 8 aromatic rings. The third-order valence-corrected chi connectivity index (χ3v) is 21.8. The summed E-state index contributed by atoms with van der Waals surface area (Å²) < 4.78 is 94.6. The highest BCUT2D eigenvalue weighted by molar-refractivity contribution is 5.81. The minimum absolute atomic E-state index is 0.0431. The van der Waals surface area contributed by atoms with Crippen LogP contribution in [0.15, 0.2) is 243 Å². The van der Waals surface area contributed by atoms with Crippen LogP contribution in [0.1, 0.15) is 63.6 Å². The zero-order chi connectivity index (χ0) is 88.8. The zero-order valence-electron chi connectivity index (χ0n) is 69.1. The summed E-state index contributed by atoms with van der Waals surface area (Å²) in [5.41, 5.74) is 5.11. The van der Waals surface area contributed by atoms with E-state index in [0.717, 1.165) is 5.56 Å². The van der Waals surface area contributed by atoms with Gasteiger partial charge in [-0.1, -0.05) is 243 Å². The van der Waals surface area contributed by atoms with Crippen molar-refractivity contribution in [3.63, 3.8) is 0 Å². The predicted molar refractivity (Wildman–Crippen MR) is 447 cm³/mol. The third-order valence-electron chi connectivity index (χ3n) is 21.8. The first-order chi connectivity index (χ1) is 61.9. The van der Waals surface area contributed by atoms with Gasteiger partial charge in [-0.2, -0.15) is 0 Å². The molecule has 13 rings (SSSR count). The highest BCUT2D eigenvalue weighted by atomic mass is 16.8. The maximum absolute atomic E-state index is 14.8. The van der Waals surface area contributed by atoms with Crippen LogP contribution in [-0.2, 0) is 122 Å². The number of amides is 7. The second kappa shape index (κ2) is 47.2. The SMILES string of the molecule is O=C(NCC[C@H](O)C(=O)N[C@@H]1C[C@H](NC(=O)OCc2ccccc2)[C@@H](O[C@H]2O[C@@H]3COC(c4ccccc4)O[C@H]3[C@H](O)[C@H]2NC(=O)OCc2ccccc2)[C@H](O[C@@H]2O[C@H](CO)[C@@H](O[C@H]3O[C@@H](CNC(=O)OCc4ccccc4)[C@@H](O)[C@H](O)[C@H]3NC(=O)OCc3ccccc3)[C@H]2OCCN(CCc2ccccc2)C(=O)OCc2ccccc2)[C@H]1O)OCc1ccccc1. The molecule has 0 aromatic heterocycles. The summed E-state index contributed by atoms with van der Waals surface area (Å²) in [5.74, 6) is -1.11. The first-order valence-corrected chi connectivity index (χ1v) is 41.8. The number of nitrogens with one attached hydrogen (secondary N) is 6. The van der Waals surface area contributed by atoms with Gasteiger partial charge in [-0.15, -0.1) is 0 Å². The fourth-order valence-electron chi connectivity index (χ4n) is 15.1. The van der Waals surface area contributed by atoms with E-state index in [0.29, 0.717) is 45.4 Å². The summed E-state index contributed by atoms with van der Waals surface area (Å²) in [4.78, 5) is 100. The lowest BCUT2D eigenvalue weighted by atomic mass is 9.83. The quantitative estimate of drug-likeness (QED) is 0.0185. The number of fused-ring (bicyclic) bond motifs is 1. The summed E-state index contributed by atoms with van der Waals surface area (Å²) in [5, 5.41) is 89.9. The van der Waals surface area contributed by atoms with E-state index in [4.69, 9.17) is 71.1 Å². The Morgan fingerprint density at radius 2 is 0.843 bits per heavy atom. The second-order valence-electron chi connectivity index (χ2n) is 30.7. The Kier molecular flexibility index (Phi) is 34.5. The molecule has 676 valence electrons. The molecule has 0 bridgehead atoms. The molecule has 12 N–H and O–H groups in total. The monoisotopic (exact) mass is 1760 g/mol. The number of nitrogens with zero attached hydrogens (tertiary/aromatic N) is 1. The Balaban J connectivity index is 0.872. The van der Waals surface area contributed by atoms with Gasteiger partial charge in [0.1, 0.15) is 131 Å². The van der Waals surface area contributed by atoms with Crippen molar-refractivity contribution in [2.24, 2.45) is 0 Å². The summed E-state index contributed by atoms with van der Waals surface area (Å²) in [6.07, 6.45) is -36.7. The molecule has 7 amide bonds. The highest BCUT2D eigenvalue weighted by Gasteiger charge is 2.59. The number of aliphatic hydroxyl groups is 6. The summed E-state index contributed by atoms with van der Waals surface area (Å²) >= 11 is 0. The van der Waals surface area contributed by atoms with Gasteiger partial charge in [-0.25, -0.2) is 28.8 Å². The van der Waals surface area contributed by atoms with Crippen molar-refractivity contribution in [2.45, 2.75) is 188 Å². The maximum atomic E-state index is 14.8. The molecule has 35 nitrogen and oxygen atoms in total. The van der Waals surface area contributed by atoms with E-state index < -0.39 is 204 Å². The molecule has 1 unspecified atom stereocenters.